The first-order valence-corrected chi connectivity index (χ1v) is 9.25. The molecule has 0 aromatic heterocycles. The summed E-state index contributed by atoms with van der Waals surface area (Å²) in [5.41, 5.74) is 0.908. The Morgan fingerprint density at radius 3 is 2.29 bits per heavy atom. The Morgan fingerprint density at radius 1 is 1.17 bits per heavy atom. The monoisotopic (exact) mass is 338 g/mol. The van der Waals surface area contributed by atoms with Crippen molar-refractivity contribution in [2.75, 3.05) is 7.11 Å². The smallest absolute Gasteiger partial charge is 0.331 e. The molecule has 0 radical (unpaired) electrons. The van der Waals surface area contributed by atoms with Gasteiger partial charge in [0.15, 0.2) is 0 Å². The van der Waals surface area contributed by atoms with Crippen molar-refractivity contribution < 1.29 is 14.3 Å². The second-order valence-corrected chi connectivity index (χ2v) is 7.47. The van der Waals surface area contributed by atoms with Crippen molar-refractivity contribution in [3.05, 3.63) is 23.8 Å². The molecule has 0 aromatic carbocycles. The van der Waals surface area contributed by atoms with E-state index in [0.29, 0.717) is 11.8 Å². The quantitative estimate of drug-likeness (QED) is 0.275. The average molecular weight is 339 g/mol. The molecule has 24 heavy (non-hydrogen) atoms. The molecule has 0 amide bonds. The highest BCUT2D eigenvalue weighted by atomic mass is 16.5. The first-order chi connectivity index (χ1) is 11.1. The second-order valence-electron chi connectivity index (χ2n) is 7.47. The van der Waals surface area contributed by atoms with Gasteiger partial charge in [0, 0.05) is 13.2 Å². The number of esters is 1. The number of carbonyl (C=O) groups excluding carboxylic acids is 1. The Hall–Kier alpha value is -1.09. The molecule has 140 valence electrons. The van der Waals surface area contributed by atoms with Crippen molar-refractivity contribution in [3.63, 3.8) is 0 Å². The molecule has 0 saturated heterocycles. The van der Waals surface area contributed by atoms with Crippen molar-refractivity contribution in [3.8, 4) is 0 Å². The Labute approximate surface area is 149 Å². The first-order valence-electron chi connectivity index (χ1n) is 9.25. The second kappa shape index (κ2) is 11.5. The number of rotatable bonds is 11. The van der Waals surface area contributed by atoms with Gasteiger partial charge < -0.3 is 9.47 Å². The van der Waals surface area contributed by atoms with Crippen molar-refractivity contribution in [1.82, 2.24) is 0 Å². The van der Waals surface area contributed by atoms with Crippen LogP contribution in [0.4, 0.5) is 0 Å². The molecule has 0 bridgehead atoms. The van der Waals surface area contributed by atoms with Crippen LogP contribution in [-0.4, -0.2) is 24.8 Å². The van der Waals surface area contributed by atoms with Gasteiger partial charge in [0.1, 0.15) is 0 Å². The lowest BCUT2D eigenvalue weighted by Crippen LogP contribution is -2.34. The summed E-state index contributed by atoms with van der Waals surface area (Å²) in [7, 11) is 1.81. The SMILES string of the molecule is CCC(C)(OC)C(C)CCC(C)C/C=C/C(C)=C/C(=O)OC(C)C. The lowest BCUT2D eigenvalue weighted by atomic mass is 9.83. The number of ether oxygens (including phenoxy) is 2. The lowest BCUT2D eigenvalue weighted by Gasteiger charge is -2.34. The molecule has 0 spiro atoms. The van der Waals surface area contributed by atoms with E-state index in [1.165, 1.54) is 12.8 Å². The van der Waals surface area contributed by atoms with Crippen LogP contribution < -0.4 is 0 Å². The van der Waals surface area contributed by atoms with E-state index in [2.05, 4.69) is 33.8 Å². The summed E-state index contributed by atoms with van der Waals surface area (Å²) < 4.78 is 10.8. The number of hydrogen-bond donors (Lipinski definition) is 0. The highest BCUT2D eigenvalue weighted by Crippen LogP contribution is 2.30. The third-order valence-corrected chi connectivity index (χ3v) is 4.92. The minimum absolute atomic E-state index is 0.0222. The van der Waals surface area contributed by atoms with E-state index < -0.39 is 0 Å². The van der Waals surface area contributed by atoms with Gasteiger partial charge in [-0.3, -0.25) is 0 Å². The van der Waals surface area contributed by atoms with Gasteiger partial charge in [-0.25, -0.2) is 4.79 Å². The van der Waals surface area contributed by atoms with Crippen LogP contribution in [0.1, 0.15) is 74.1 Å². The van der Waals surface area contributed by atoms with Gasteiger partial charge in [-0.1, -0.05) is 39.3 Å². The molecule has 0 heterocycles. The number of allylic oxidation sites excluding steroid dienone is 3. The van der Waals surface area contributed by atoms with Gasteiger partial charge in [0.2, 0.25) is 0 Å². The zero-order valence-corrected chi connectivity index (χ0v) is 17.0. The van der Waals surface area contributed by atoms with Crippen LogP contribution in [0.5, 0.6) is 0 Å². The standard InChI is InChI=1S/C21H38O3/c1-9-21(7,23-8)19(6)14-13-17(4)11-10-12-18(5)15-20(22)24-16(2)3/h10,12,15-17,19H,9,11,13-14H2,1-8H3/b12-10+,18-15+. The van der Waals surface area contributed by atoms with E-state index in [1.807, 2.05) is 34.0 Å². The third-order valence-electron chi connectivity index (χ3n) is 4.92. The first kappa shape index (κ1) is 22.9. The van der Waals surface area contributed by atoms with Crippen LogP contribution in [0.15, 0.2) is 23.8 Å². The molecular weight excluding hydrogens is 300 g/mol. The van der Waals surface area contributed by atoms with Gasteiger partial charge in [-0.2, -0.15) is 0 Å². The molecule has 0 aromatic rings. The molecule has 0 aliphatic heterocycles. The van der Waals surface area contributed by atoms with E-state index in [1.54, 1.807) is 6.08 Å². The molecule has 3 unspecified atom stereocenters. The molecule has 3 nitrogen and oxygen atoms in total. The summed E-state index contributed by atoms with van der Waals surface area (Å²) in [5.74, 6) is 0.899. The Balaban J connectivity index is 4.28. The molecule has 0 saturated carbocycles. The molecule has 0 aliphatic carbocycles. The average Bonchev–Trinajstić information content (AvgIpc) is 2.50. The van der Waals surface area contributed by atoms with Gasteiger partial charge >= 0.3 is 5.97 Å². The zero-order valence-electron chi connectivity index (χ0n) is 17.0. The molecule has 3 atom stereocenters. The Kier molecular flexibility index (Phi) is 10.9. The lowest BCUT2D eigenvalue weighted by molar-refractivity contribution is -0.141. The predicted molar refractivity (Wildman–Crippen MR) is 102 cm³/mol. The topological polar surface area (TPSA) is 35.5 Å². The molecule has 0 fully saturated rings. The van der Waals surface area contributed by atoms with Crippen LogP contribution in [0.3, 0.4) is 0 Å². The summed E-state index contributed by atoms with van der Waals surface area (Å²) in [6.07, 6.45) is 10.0. The summed E-state index contributed by atoms with van der Waals surface area (Å²) in [6, 6.07) is 0. The van der Waals surface area contributed by atoms with Gasteiger partial charge in [0.05, 0.1) is 11.7 Å². The molecule has 0 aliphatic rings. The third kappa shape index (κ3) is 9.27. The van der Waals surface area contributed by atoms with Crippen molar-refractivity contribution in [2.45, 2.75) is 85.9 Å². The van der Waals surface area contributed by atoms with Gasteiger partial charge in [0.25, 0.3) is 0 Å². The van der Waals surface area contributed by atoms with Gasteiger partial charge in [-0.15, -0.1) is 0 Å². The van der Waals surface area contributed by atoms with Crippen molar-refractivity contribution in [1.29, 1.82) is 0 Å². The Morgan fingerprint density at radius 2 is 1.79 bits per heavy atom. The fourth-order valence-corrected chi connectivity index (χ4v) is 2.64. The van der Waals surface area contributed by atoms with Crippen LogP contribution >= 0.6 is 0 Å². The van der Waals surface area contributed by atoms with Crippen molar-refractivity contribution >= 4 is 5.97 Å². The summed E-state index contributed by atoms with van der Waals surface area (Å²) in [5, 5.41) is 0. The normalized spacial score (nSPS) is 17.8. The van der Waals surface area contributed by atoms with E-state index in [-0.39, 0.29) is 17.7 Å². The highest BCUT2D eigenvalue weighted by Gasteiger charge is 2.28. The predicted octanol–water partition coefficient (Wildman–Crippen LogP) is 5.70. The molecule has 0 N–H and O–H groups in total. The minimum atomic E-state index is -0.271. The largest absolute Gasteiger partial charge is 0.460 e. The molecular formula is C21H38O3. The fourth-order valence-electron chi connectivity index (χ4n) is 2.64. The number of hydrogen-bond acceptors (Lipinski definition) is 3. The van der Waals surface area contributed by atoms with Gasteiger partial charge in [-0.05, 0) is 64.4 Å². The number of methoxy groups -OCH3 is 1. The minimum Gasteiger partial charge on any atom is -0.460 e. The number of carbonyl (C=O) groups is 1. The summed E-state index contributed by atoms with van der Waals surface area (Å²) in [6.45, 7) is 14.6. The van der Waals surface area contributed by atoms with E-state index >= 15 is 0 Å². The maximum absolute atomic E-state index is 11.5. The molecule has 0 rings (SSSR count). The molecule has 3 heteroatoms. The maximum atomic E-state index is 11.5. The summed E-state index contributed by atoms with van der Waals surface area (Å²) in [4.78, 5) is 11.5. The highest BCUT2D eigenvalue weighted by molar-refractivity contribution is 5.83. The van der Waals surface area contributed by atoms with E-state index in [9.17, 15) is 4.79 Å². The maximum Gasteiger partial charge on any atom is 0.331 e. The van der Waals surface area contributed by atoms with Crippen LogP contribution in [0.25, 0.3) is 0 Å². The zero-order chi connectivity index (χ0) is 18.8. The Bertz CT molecular complexity index is 417. The summed E-state index contributed by atoms with van der Waals surface area (Å²) >= 11 is 0. The van der Waals surface area contributed by atoms with E-state index in [4.69, 9.17) is 9.47 Å². The van der Waals surface area contributed by atoms with E-state index in [0.717, 1.165) is 18.4 Å². The van der Waals surface area contributed by atoms with Crippen LogP contribution in [0, 0.1) is 11.8 Å². The van der Waals surface area contributed by atoms with Crippen molar-refractivity contribution in [2.24, 2.45) is 11.8 Å². The fraction of sp³-hybridized carbons (Fsp3) is 0.762. The van der Waals surface area contributed by atoms with Crippen LogP contribution in [0.2, 0.25) is 0 Å². The van der Waals surface area contributed by atoms with Crippen LogP contribution in [-0.2, 0) is 14.3 Å².